The lowest BCUT2D eigenvalue weighted by molar-refractivity contribution is 0.575. The maximum absolute atomic E-state index is 5.74. The van der Waals surface area contributed by atoms with Gasteiger partial charge in [0.25, 0.3) is 0 Å². The average Bonchev–Trinajstić information content (AvgIpc) is 3.25. The van der Waals surface area contributed by atoms with Crippen molar-refractivity contribution in [3.63, 3.8) is 0 Å². The normalized spacial score (nSPS) is 19.6. The second-order valence-electron chi connectivity index (χ2n) is 6.47. The number of hydrogen-bond acceptors (Lipinski definition) is 3. The summed E-state index contributed by atoms with van der Waals surface area (Å²) in [5.41, 5.74) is 3.46. The van der Waals surface area contributed by atoms with E-state index in [2.05, 4.69) is 71.5 Å². The molecule has 2 atom stereocenters. The first-order valence-corrected chi connectivity index (χ1v) is 10.1. The van der Waals surface area contributed by atoms with E-state index in [-0.39, 0.29) is 12.1 Å². The number of aryl methyl sites for hydroxylation is 2. The average molecular weight is 380 g/mol. The topological polar surface area (TPSA) is 28.2 Å². The van der Waals surface area contributed by atoms with E-state index in [1.165, 1.54) is 15.3 Å². The zero-order valence-electron chi connectivity index (χ0n) is 14.8. The summed E-state index contributed by atoms with van der Waals surface area (Å²) in [5.74, 6) is 0. The third kappa shape index (κ3) is 3.13. The Morgan fingerprint density at radius 2 is 1.92 bits per heavy atom. The highest BCUT2D eigenvalue weighted by atomic mass is 32.1. The minimum Gasteiger partial charge on any atom is -0.351 e. The van der Waals surface area contributed by atoms with Crippen molar-refractivity contribution in [2.75, 3.05) is 4.90 Å². The van der Waals surface area contributed by atoms with E-state index in [0.29, 0.717) is 0 Å². The Bertz CT molecular complexity index is 903. The summed E-state index contributed by atoms with van der Waals surface area (Å²) in [7, 11) is 0. The number of benzene rings is 1. The molecule has 0 aliphatic carbocycles. The molecule has 1 aliphatic heterocycles. The van der Waals surface area contributed by atoms with Gasteiger partial charge in [-0.3, -0.25) is 4.98 Å². The first-order chi connectivity index (χ1) is 12.7. The third-order valence-corrected chi connectivity index (χ3v) is 6.16. The van der Waals surface area contributed by atoms with Gasteiger partial charge in [-0.2, -0.15) is 0 Å². The Morgan fingerprint density at radius 3 is 2.54 bits per heavy atom. The van der Waals surface area contributed by atoms with E-state index in [9.17, 15) is 0 Å². The quantitative estimate of drug-likeness (QED) is 0.631. The molecule has 3 nitrogen and oxygen atoms in total. The summed E-state index contributed by atoms with van der Waals surface area (Å²) in [6.45, 7) is 4.32. The van der Waals surface area contributed by atoms with E-state index in [1.54, 1.807) is 0 Å². The number of pyridine rings is 1. The molecule has 1 aliphatic rings. The lowest BCUT2D eigenvalue weighted by atomic mass is 10.0. The Labute approximate surface area is 163 Å². The highest BCUT2D eigenvalue weighted by Gasteiger charge is 2.41. The van der Waals surface area contributed by atoms with Gasteiger partial charge in [-0.1, -0.05) is 25.1 Å². The molecule has 0 bridgehead atoms. The number of nitrogens with one attached hydrogen (secondary N) is 1. The zero-order valence-corrected chi connectivity index (χ0v) is 16.5. The van der Waals surface area contributed by atoms with Gasteiger partial charge in [0.05, 0.1) is 17.8 Å². The molecule has 4 rings (SSSR count). The Kier molecular flexibility index (Phi) is 4.74. The molecule has 0 amide bonds. The lowest BCUT2D eigenvalue weighted by Gasteiger charge is -2.27. The number of nitrogens with zero attached hydrogens (tertiary/aromatic N) is 2. The number of rotatable bonds is 4. The van der Waals surface area contributed by atoms with Crippen molar-refractivity contribution in [2.45, 2.75) is 32.4 Å². The van der Waals surface area contributed by atoms with Crippen LogP contribution in [0.1, 0.15) is 40.0 Å². The fraction of sp³-hybridized carbons (Fsp3) is 0.238. The van der Waals surface area contributed by atoms with Gasteiger partial charge in [0.2, 0.25) is 0 Å². The van der Waals surface area contributed by atoms with Crippen molar-refractivity contribution >= 4 is 34.4 Å². The Morgan fingerprint density at radius 1 is 1.12 bits per heavy atom. The van der Waals surface area contributed by atoms with Gasteiger partial charge in [0.1, 0.15) is 0 Å². The maximum Gasteiger partial charge on any atom is 0.174 e. The highest BCUT2D eigenvalue weighted by molar-refractivity contribution is 7.80. The summed E-state index contributed by atoms with van der Waals surface area (Å²) < 4.78 is 0. The summed E-state index contributed by atoms with van der Waals surface area (Å²) in [4.78, 5) is 9.43. The van der Waals surface area contributed by atoms with Crippen LogP contribution < -0.4 is 10.2 Å². The van der Waals surface area contributed by atoms with Crippen LogP contribution in [0.3, 0.4) is 0 Å². The molecule has 1 fully saturated rings. The van der Waals surface area contributed by atoms with Crippen LogP contribution >= 0.6 is 23.6 Å². The molecule has 1 aromatic carbocycles. The van der Waals surface area contributed by atoms with Gasteiger partial charge in [-0.25, -0.2) is 0 Å². The van der Waals surface area contributed by atoms with Crippen LogP contribution in [0.25, 0.3) is 0 Å². The highest BCUT2D eigenvalue weighted by Crippen LogP contribution is 2.43. The van der Waals surface area contributed by atoms with Gasteiger partial charge in [-0.15, -0.1) is 11.3 Å². The fourth-order valence-corrected chi connectivity index (χ4v) is 4.78. The van der Waals surface area contributed by atoms with Gasteiger partial charge in [-0.05, 0) is 67.5 Å². The Hall–Kier alpha value is -2.24. The predicted molar refractivity (Wildman–Crippen MR) is 113 cm³/mol. The van der Waals surface area contributed by atoms with Crippen molar-refractivity contribution in [3.8, 4) is 0 Å². The molecule has 5 heteroatoms. The molecule has 0 unspecified atom stereocenters. The second-order valence-corrected chi connectivity index (χ2v) is 8.17. The van der Waals surface area contributed by atoms with E-state index < -0.39 is 0 Å². The van der Waals surface area contributed by atoms with Gasteiger partial charge in [0.15, 0.2) is 5.11 Å². The minimum absolute atomic E-state index is 0.0348. The number of thiocarbonyl (C=S) groups is 1. The summed E-state index contributed by atoms with van der Waals surface area (Å²) in [6, 6.07) is 19.3. The summed E-state index contributed by atoms with van der Waals surface area (Å²) in [6.07, 6.45) is 2.88. The van der Waals surface area contributed by atoms with E-state index in [0.717, 1.165) is 22.9 Å². The smallest absolute Gasteiger partial charge is 0.174 e. The van der Waals surface area contributed by atoms with Crippen LogP contribution in [0, 0.1) is 6.92 Å². The Balaban J connectivity index is 1.79. The number of anilines is 1. The van der Waals surface area contributed by atoms with Crippen LogP contribution in [-0.4, -0.2) is 10.1 Å². The minimum atomic E-state index is 0.0348. The van der Waals surface area contributed by atoms with Gasteiger partial charge >= 0.3 is 0 Å². The van der Waals surface area contributed by atoms with Crippen LogP contribution in [0.4, 0.5) is 5.69 Å². The van der Waals surface area contributed by atoms with Crippen molar-refractivity contribution < 1.29 is 0 Å². The second kappa shape index (κ2) is 7.17. The standard InChI is InChI=1S/C21H21N3S2/c1-3-15-8-10-16(11-9-15)24-20(18-12-7-14(2)26-18)19(23-21(24)25)17-6-4-5-13-22-17/h4-13,19-20H,3H2,1-2H3,(H,23,25)/t19-,20+/m0/s1. The summed E-state index contributed by atoms with van der Waals surface area (Å²) in [5, 5.41) is 4.26. The molecular formula is C21H21N3S2. The number of aromatic nitrogens is 1. The summed E-state index contributed by atoms with van der Waals surface area (Å²) >= 11 is 7.56. The maximum atomic E-state index is 5.74. The molecule has 0 saturated carbocycles. The predicted octanol–water partition coefficient (Wildman–Crippen LogP) is 5.19. The van der Waals surface area contributed by atoms with Gasteiger partial charge < -0.3 is 10.2 Å². The van der Waals surface area contributed by atoms with E-state index in [4.69, 9.17) is 12.2 Å². The van der Waals surface area contributed by atoms with Crippen molar-refractivity contribution in [1.29, 1.82) is 0 Å². The van der Waals surface area contributed by atoms with Crippen LogP contribution in [0.5, 0.6) is 0 Å². The van der Waals surface area contributed by atoms with Gasteiger partial charge in [0, 0.05) is 21.6 Å². The van der Waals surface area contributed by atoms with E-state index in [1.807, 2.05) is 29.7 Å². The van der Waals surface area contributed by atoms with Crippen molar-refractivity contribution in [3.05, 3.63) is 81.8 Å². The molecule has 132 valence electrons. The SMILES string of the molecule is CCc1ccc(N2C(=S)N[C@@H](c3ccccn3)[C@H]2c2ccc(C)s2)cc1. The zero-order chi connectivity index (χ0) is 18.1. The van der Waals surface area contributed by atoms with Crippen molar-refractivity contribution in [2.24, 2.45) is 0 Å². The molecule has 1 N–H and O–H groups in total. The van der Waals surface area contributed by atoms with E-state index >= 15 is 0 Å². The third-order valence-electron chi connectivity index (χ3n) is 4.77. The molecule has 0 radical (unpaired) electrons. The number of thiophene rings is 1. The molecule has 26 heavy (non-hydrogen) atoms. The first kappa shape index (κ1) is 17.2. The van der Waals surface area contributed by atoms with Crippen molar-refractivity contribution in [1.82, 2.24) is 10.3 Å². The molecule has 3 heterocycles. The van der Waals surface area contributed by atoms with Crippen LogP contribution in [-0.2, 0) is 6.42 Å². The molecule has 1 saturated heterocycles. The molecule has 3 aromatic rings. The fourth-order valence-electron chi connectivity index (χ4n) is 3.43. The monoisotopic (exact) mass is 379 g/mol. The first-order valence-electron chi connectivity index (χ1n) is 8.83. The molecule has 0 spiro atoms. The van der Waals surface area contributed by atoms with Crippen LogP contribution in [0.15, 0.2) is 60.8 Å². The lowest BCUT2D eigenvalue weighted by Crippen LogP contribution is -2.29. The largest absolute Gasteiger partial charge is 0.351 e. The van der Waals surface area contributed by atoms with Crippen LogP contribution in [0.2, 0.25) is 0 Å². The molecular weight excluding hydrogens is 358 g/mol. The number of hydrogen-bond donors (Lipinski definition) is 1. The molecule has 2 aromatic heterocycles.